The average molecular weight is 485 g/mol. The van der Waals surface area contributed by atoms with E-state index in [2.05, 4.69) is 4.98 Å². The molecule has 11 heteroatoms. The van der Waals surface area contributed by atoms with Crippen LogP contribution in [-0.2, 0) is 24.4 Å². The molecule has 0 aliphatic carbocycles. The molecule has 0 unspecified atom stereocenters. The number of hydrogen-bond acceptors (Lipinski definition) is 8. The van der Waals surface area contributed by atoms with Crippen LogP contribution in [0, 0.1) is 0 Å². The number of morpholine rings is 1. The summed E-state index contributed by atoms with van der Waals surface area (Å²) in [5.41, 5.74) is 0. The molecule has 3 aromatic rings. The number of rotatable bonds is 5. The maximum atomic E-state index is 13.3. The number of nitrogens with zero attached hydrogens (tertiary/aromatic N) is 2. The highest BCUT2D eigenvalue weighted by Gasteiger charge is 2.34. The molecule has 1 aromatic heterocycles. The Morgan fingerprint density at radius 1 is 0.867 bits per heavy atom. The Labute approximate surface area is 183 Å². The topological polar surface area (TPSA) is 93.6 Å². The Bertz CT molecular complexity index is 1250. The SMILES string of the molecule is O=S(=O)(c1ccccc1)c1nc(S(=O)(=O)c2ccc(Cl)cc2)c(N2CCOCC2)s1. The second-order valence-electron chi connectivity index (χ2n) is 6.46. The molecule has 2 aromatic carbocycles. The summed E-state index contributed by atoms with van der Waals surface area (Å²) in [5.74, 6) is 0. The second-order valence-corrected chi connectivity index (χ2v) is 11.9. The predicted molar refractivity (Wildman–Crippen MR) is 114 cm³/mol. The highest BCUT2D eigenvalue weighted by atomic mass is 35.5. The van der Waals surface area contributed by atoms with Crippen LogP contribution < -0.4 is 4.90 Å². The lowest BCUT2D eigenvalue weighted by Crippen LogP contribution is -2.36. The van der Waals surface area contributed by atoms with Gasteiger partial charge in [0.25, 0.3) is 0 Å². The molecule has 4 rings (SSSR count). The van der Waals surface area contributed by atoms with Crippen LogP contribution in [0.5, 0.6) is 0 Å². The smallest absolute Gasteiger partial charge is 0.233 e. The van der Waals surface area contributed by atoms with Crippen LogP contribution >= 0.6 is 22.9 Å². The van der Waals surface area contributed by atoms with E-state index in [9.17, 15) is 16.8 Å². The normalized spacial score (nSPS) is 15.3. The van der Waals surface area contributed by atoms with E-state index in [1.807, 2.05) is 0 Å². The van der Waals surface area contributed by atoms with Crippen LogP contribution in [-0.4, -0.2) is 48.1 Å². The van der Waals surface area contributed by atoms with Crippen LogP contribution in [0.15, 0.2) is 73.8 Å². The van der Waals surface area contributed by atoms with Crippen LogP contribution in [0.3, 0.4) is 0 Å². The van der Waals surface area contributed by atoms with Crippen molar-refractivity contribution in [1.82, 2.24) is 4.98 Å². The Morgan fingerprint density at radius 3 is 2.10 bits per heavy atom. The van der Waals surface area contributed by atoms with Gasteiger partial charge < -0.3 is 9.64 Å². The molecular weight excluding hydrogens is 468 g/mol. The molecule has 30 heavy (non-hydrogen) atoms. The monoisotopic (exact) mass is 484 g/mol. The van der Waals surface area contributed by atoms with E-state index < -0.39 is 19.7 Å². The number of hydrogen-bond donors (Lipinski definition) is 0. The van der Waals surface area contributed by atoms with Crippen molar-refractivity contribution in [3.05, 3.63) is 59.6 Å². The summed E-state index contributed by atoms with van der Waals surface area (Å²) in [7, 11) is -8.03. The number of aromatic nitrogens is 1. The Balaban J connectivity index is 1.88. The molecule has 0 radical (unpaired) electrons. The highest BCUT2D eigenvalue weighted by molar-refractivity contribution is 7.94. The van der Waals surface area contributed by atoms with E-state index in [0.717, 1.165) is 11.3 Å². The minimum absolute atomic E-state index is 0.00429. The lowest BCUT2D eigenvalue weighted by atomic mass is 10.4. The first-order valence-electron chi connectivity index (χ1n) is 8.94. The van der Waals surface area contributed by atoms with Crippen molar-refractivity contribution in [2.75, 3.05) is 31.2 Å². The van der Waals surface area contributed by atoms with Crippen LogP contribution in [0.25, 0.3) is 0 Å². The van der Waals surface area contributed by atoms with Crippen molar-refractivity contribution in [2.24, 2.45) is 0 Å². The summed E-state index contributed by atoms with van der Waals surface area (Å²) in [5, 5.41) is 0.418. The van der Waals surface area contributed by atoms with Gasteiger partial charge in [-0.15, -0.1) is 0 Å². The van der Waals surface area contributed by atoms with Crippen molar-refractivity contribution in [3.8, 4) is 0 Å². The molecular formula is C19H17ClN2O5S3. The molecule has 0 amide bonds. The van der Waals surface area contributed by atoms with Gasteiger partial charge in [-0.3, -0.25) is 0 Å². The summed E-state index contributed by atoms with van der Waals surface area (Å²) in [4.78, 5) is 5.98. The molecule has 0 N–H and O–H groups in total. The van der Waals surface area contributed by atoms with Crippen LogP contribution in [0.1, 0.15) is 0 Å². The van der Waals surface area contributed by atoms with Gasteiger partial charge in [0.2, 0.25) is 24.0 Å². The van der Waals surface area contributed by atoms with Crippen molar-refractivity contribution >= 4 is 47.6 Å². The van der Waals surface area contributed by atoms with E-state index in [1.165, 1.54) is 36.4 Å². The summed E-state index contributed by atoms with van der Waals surface area (Å²) in [6, 6.07) is 13.5. The second kappa shape index (κ2) is 8.27. The van der Waals surface area contributed by atoms with E-state index in [-0.39, 0.29) is 19.2 Å². The Hall–Kier alpha value is -1.98. The Kier molecular flexibility index (Phi) is 5.86. The maximum absolute atomic E-state index is 13.3. The molecule has 0 bridgehead atoms. The number of halogens is 1. The fourth-order valence-electron chi connectivity index (χ4n) is 2.96. The molecule has 2 heterocycles. The van der Waals surface area contributed by atoms with Crippen LogP contribution in [0.2, 0.25) is 5.02 Å². The van der Waals surface area contributed by atoms with E-state index in [0.29, 0.717) is 36.3 Å². The third kappa shape index (κ3) is 3.97. The van der Waals surface area contributed by atoms with Gasteiger partial charge in [-0.25, -0.2) is 21.8 Å². The largest absolute Gasteiger partial charge is 0.378 e. The molecule has 1 saturated heterocycles. The highest BCUT2D eigenvalue weighted by Crippen LogP contribution is 2.39. The third-order valence-corrected chi connectivity index (χ3v) is 9.85. The van der Waals surface area contributed by atoms with Gasteiger partial charge in [0, 0.05) is 18.1 Å². The Morgan fingerprint density at radius 2 is 1.47 bits per heavy atom. The first kappa shape index (κ1) is 21.3. The fraction of sp³-hybridized carbons (Fsp3) is 0.211. The summed E-state index contributed by atoms with van der Waals surface area (Å²) in [6.07, 6.45) is 0. The van der Waals surface area contributed by atoms with Gasteiger partial charge >= 0.3 is 0 Å². The maximum Gasteiger partial charge on any atom is 0.233 e. The van der Waals surface area contributed by atoms with E-state index in [1.54, 1.807) is 23.1 Å². The molecule has 1 aliphatic heterocycles. The van der Waals surface area contributed by atoms with Gasteiger partial charge in [-0.2, -0.15) is 0 Å². The molecule has 0 atom stereocenters. The predicted octanol–water partition coefficient (Wildman–Crippen LogP) is 3.30. The van der Waals surface area contributed by atoms with E-state index in [4.69, 9.17) is 16.3 Å². The molecule has 1 aliphatic rings. The zero-order valence-electron chi connectivity index (χ0n) is 15.6. The van der Waals surface area contributed by atoms with Gasteiger partial charge in [0.05, 0.1) is 23.0 Å². The van der Waals surface area contributed by atoms with Crippen molar-refractivity contribution < 1.29 is 21.6 Å². The van der Waals surface area contributed by atoms with Crippen molar-refractivity contribution in [3.63, 3.8) is 0 Å². The number of ether oxygens (including phenoxy) is 1. The lowest BCUT2D eigenvalue weighted by molar-refractivity contribution is 0.123. The number of benzene rings is 2. The summed E-state index contributed by atoms with van der Waals surface area (Å²) < 4.78 is 57.9. The van der Waals surface area contributed by atoms with E-state index >= 15 is 0 Å². The van der Waals surface area contributed by atoms with Gasteiger partial charge in [0.15, 0.2) is 5.03 Å². The number of thiazole rings is 1. The molecule has 158 valence electrons. The molecule has 0 spiro atoms. The lowest BCUT2D eigenvalue weighted by Gasteiger charge is -2.27. The quantitative estimate of drug-likeness (QED) is 0.548. The van der Waals surface area contributed by atoms with Crippen molar-refractivity contribution in [1.29, 1.82) is 0 Å². The van der Waals surface area contributed by atoms with Crippen molar-refractivity contribution in [2.45, 2.75) is 19.2 Å². The first-order chi connectivity index (χ1) is 14.3. The number of anilines is 1. The van der Waals surface area contributed by atoms with Gasteiger partial charge in [-0.05, 0) is 36.4 Å². The standard InChI is InChI=1S/C19H17ClN2O5S3/c20-14-6-8-16(9-7-14)29(23,24)17-18(22-10-12-27-13-11-22)28-19(21-17)30(25,26)15-4-2-1-3-5-15/h1-9H,10-13H2. The zero-order chi connectivity index (χ0) is 21.4. The van der Waals surface area contributed by atoms with Crippen LogP contribution in [0.4, 0.5) is 5.00 Å². The fourth-order valence-corrected chi connectivity index (χ4v) is 7.59. The zero-order valence-corrected chi connectivity index (χ0v) is 18.8. The minimum atomic E-state index is -4.06. The summed E-state index contributed by atoms with van der Waals surface area (Å²) >= 11 is 6.74. The number of sulfone groups is 2. The average Bonchev–Trinajstić information content (AvgIpc) is 3.23. The third-order valence-electron chi connectivity index (χ3n) is 4.52. The van der Waals surface area contributed by atoms with Gasteiger partial charge in [-0.1, -0.05) is 41.1 Å². The first-order valence-corrected chi connectivity index (χ1v) is 13.1. The molecule has 0 saturated carbocycles. The molecule has 1 fully saturated rings. The minimum Gasteiger partial charge on any atom is -0.378 e. The van der Waals surface area contributed by atoms with Gasteiger partial charge in [0.1, 0.15) is 5.00 Å². The summed E-state index contributed by atoms with van der Waals surface area (Å²) in [6.45, 7) is 1.71. The molecule has 7 nitrogen and oxygen atoms in total.